The standard InChI is InChI=1S/C14H21N3S/c1-4-17-14(10-11(2)16-17)13(15-3)8-7-12-6-5-9-18-12/h5-6,9-10,13,15H,4,7-8H2,1-3H3. The molecule has 0 aliphatic heterocycles. The predicted octanol–water partition coefficient (Wildman–Crippen LogP) is 3.17. The van der Waals surface area contributed by atoms with Crippen molar-refractivity contribution in [2.24, 2.45) is 0 Å². The van der Waals surface area contributed by atoms with Crippen LogP contribution in [0.15, 0.2) is 23.6 Å². The Morgan fingerprint density at radius 1 is 1.50 bits per heavy atom. The maximum Gasteiger partial charge on any atom is 0.0597 e. The second kappa shape index (κ2) is 6.16. The molecule has 0 amide bonds. The van der Waals surface area contributed by atoms with Crippen LogP contribution in [0.3, 0.4) is 0 Å². The summed E-state index contributed by atoms with van der Waals surface area (Å²) in [5.41, 5.74) is 2.40. The van der Waals surface area contributed by atoms with Gasteiger partial charge in [-0.3, -0.25) is 4.68 Å². The van der Waals surface area contributed by atoms with E-state index in [4.69, 9.17) is 0 Å². The number of aryl methyl sites for hydroxylation is 3. The number of rotatable bonds is 6. The molecule has 98 valence electrons. The second-order valence-corrected chi connectivity index (χ2v) is 5.52. The van der Waals surface area contributed by atoms with Crippen LogP contribution in [-0.4, -0.2) is 16.8 Å². The molecule has 3 nitrogen and oxygen atoms in total. The number of hydrogen-bond acceptors (Lipinski definition) is 3. The largest absolute Gasteiger partial charge is 0.312 e. The minimum atomic E-state index is 0.383. The van der Waals surface area contributed by atoms with Crippen LogP contribution in [-0.2, 0) is 13.0 Å². The lowest BCUT2D eigenvalue weighted by Crippen LogP contribution is -2.20. The van der Waals surface area contributed by atoms with E-state index in [1.165, 1.54) is 10.6 Å². The molecule has 4 heteroatoms. The smallest absolute Gasteiger partial charge is 0.0597 e. The van der Waals surface area contributed by atoms with E-state index < -0.39 is 0 Å². The molecule has 1 atom stereocenters. The van der Waals surface area contributed by atoms with Crippen LogP contribution >= 0.6 is 11.3 Å². The molecule has 0 aromatic carbocycles. The first-order valence-corrected chi connectivity index (χ1v) is 7.36. The zero-order valence-electron chi connectivity index (χ0n) is 11.3. The summed E-state index contributed by atoms with van der Waals surface area (Å²) in [4.78, 5) is 1.45. The molecule has 0 radical (unpaired) electrons. The van der Waals surface area contributed by atoms with Crippen LogP contribution in [0.4, 0.5) is 0 Å². The van der Waals surface area contributed by atoms with Gasteiger partial charge >= 0.3 is 0 Å². The van der Waals surface area contributed by atoms with Crippen molar-refractivity contribution in [1.29, 1.82) is 0 Å². The van der Waals surface area contributed by atoms with Crippen molar-refractivity contribution in [2.45, 2.75) is 39.3 Å². The van der Waals surface area contributed by atoms with E-state index >= 15 is 0 Å². The van der Waals surface area contributed by atoms with Crippen molar-refractivity contribution in [1.82, 2.24) is 15.1 Å². The Labute approximate surface area is 113 Å². The van der Waals surface area contributed by atoms with E-state index in [1.807, 2.05) is 18.4 Å². The topological polar surface area (TPSA) is 29.9 Å². The molecular formula is C14H21N3S. The maximum atomic E-state index is 4.52. The predicted molar refractivity (Wildman–Crippen MR) is 77.1 cm³/mol. The van der Waals surface area contributed by atoms with Crippen LogP contribution in [0, 0.1) is 6.92 Å². The van der Waals surface area contributed by atoms with Crippen molar-refractivity contribution in [2.75, 3.05) is 7.05 Å². The fourth-order valence-corrected chi connectivity index (χ4v) is 3.01. The molecule has 18 heavy (non-hydrogen) atoms. The van der Waals surface area contributed by atoms with E-state index in [9.17, 15) is 0 Å². The van der Waals surface area contributed by atoms with E-state index in [-0.39, 0.29) is 0 Å². The molecule has 0 bridgehead atoms. The minimum Gasteiger partial charge on any atom is -0.312 e. The van der Waals surface area contributed by atoms with E-state index in [0.717, 1.165) is 25.1 Å². The summed E-state index contributed by atoms with van der Waals surface area (Å²) in [6, 6.07) is 6.90. The zero-order chi connectivity index (χ0) is 13.0. The second-order valence-electron chi connectivity index (χ2n) is 4.49. The van der Waals surface area contributed by atoms with Gasteiger partial charge in [-0.25, -0.2) is 0 Å². The summed E-state index contributed by atoms with van der Waals surface area (Å²) >= 11 is 1.84. The highest BCUT2D eigenvalue weighted by Crippen LogP contribution is 2.21. The van der Waals surface area contributed by atoms with Gasteiger partial charge in [0.05, 0.1) is 11.4 Å². The first-order chi connectivity index (χ1) is 8.74. The number of thiophene rings is 1. The van der Waals surface area contributed by atoms with Crippen LogP contribution < -0.4 is 5.32 Å². The van der Waals surface area contributed by atoms with Crippen molar-refractivity contribution in [3.8, 4) is 0 Å². The SMILES string of the molecule is CCn1nc(C)cc1C(CCc1cccs1)NC. The highest BCUT2D eigenvalue weighted by molar-refractivity contribution is 7.09. The monoisotopic (exact) mass is 263 g/mol. The first-order valence-electron chi connectivity index (χ1n) is 6.48. The third-order valence-corrected chi connectivity index (χ3v) is 4.13. The van der Waals surface area contributed by atoms with Gasteiger partial charge in [-0.2, -0.15) is 5.10 Å². The normalized spacial score (nSPS) is 12.8. The molecule has 2 rings (SSSR count). The zero-order valence-corrected chi connectivity index (χ0v) is 12.1. The first kappa shape index (κ1) is 13.3. The summed E-state index contributed by atoms with van der Waals surface area (Å²) in [5, 5.41) is 10.1. The molecule has 0 saturated carbocycles. The van der Waals surface area contributed by atoms with E-state index in [0.29, 0.717) is 6.04 Å². The molecule has 2 heterocycles. The molecule has 2 aromatic rings. The van der Waals surface area contributed by atoms with Gasteiger partial charge in [0.2, 0.25) is 0 Å². The minimum absolute atomic E-state index is 0.383. The molecule has 0 aliphatic rings. The highest BCUT2D eigenvalue weighted by atomic mass is 32.1. The van der Waals surface area contributed by atoms with Crippen molar-refractivity contribution in [3.63, 3.8) is 0 Å². The molecule has 0 fully saturated rings. The van der Waals surface area contributed by atoms with Crippen LogP contribution in [0.25, 0.3) is 0 Å². The molecule has 1 N–H and O–H groups in total. The number of hydrogen-bond donors (Lipinski definition) is 1. The highest BCUT2D eigenvalue weighted by Gasteiger charge is 2.15. The van der Waals surface area contributed by atoms with E-state index in [2.05, 4.69) is 52.5 Å². The fraction of sp³-hybridized carbons (Fsp3) is 0.500. The lowest BCUT2D eigenvalue weighted by Gasteiger charge is -2.17. The van der Waals surface area contributed by atoms with Gasteiger partial charge in [-0.15, -0.1) is 11.3 Å². The summed E-state index contributed by atoms with van der Waals surface area (Å²) in [5.74, 6) is 0. The fourth-order valence-electron chi connectivity index (χ4n) is 2.28. The lowest BCUT2D eigenvalue weighted by molar-refractivity contribution is 0.489. The van der Waals surface area contributed by atoms with Crippen LogP contribution in [0.5, 0.6) is 0 Å². The molecule has 1 unspecified atom stereocenters. The average molecular weight is 263 g/mol. The molecular weight excluding hydrogens is 242 g/mol. The van der Waals surface area contributed by atoms with Gasteiger partial charge in [0.1, 0.15) is 0 Å². The van der Waals surface area contributed by atoms with Gasteiger partial charge in [-0.1, -0.05) is 6.07 Å². The van der Waals surface area contributed by atoms with Gasteiger partial charge in [0.15, 0.2) is 0 Å². The maximum absolute atomic E-state index is 4.52. The third kappa shape index (κ3) is 3.00. The third-order valence-electron chi connectivity index (χ3n) is 3.20. The Hall–Kier alpha value is -1.13. The summed E-state index contributed by atoms with van der Waals surface area (Å²) < 4.78 is 2.10. The van der Waals surface area contributed by atoms with Gasteiger partial charge < -0.3 is 5.32 Å². The number of aromatic nitrogens is 2. The summed E-state index contributed by atoms with van der Waals surface area (Å²) in [6.07, 6.45) is 2.24. The van der Waals surface area contributed by atoms with Gasteiger partial charge in [-0.05, 0) is 51.2 Å². The Kier molecular flexibility index (Phi) is 4.55. The summed E-state index contributed by atoms with van der Waals surface area (Å²) in [6.45, 7) is 5.13. The van der Waals surface area contributed by atoms with Crippen molar-refractivity contribution in [3.05, 3.63) is 39.8 Å². The average Bonchev–Trinajstić information content (AvgIpc) is 2.99. The van der Waals surface area contributed by atoms with E-state index in [1.54, 1.807) is 0 Å². The quantitative estimate of drug-likeness (QED) is 0.867. The Morgan fingerprint density at radius 3 is 2.94 bits per heavy atom. The molecule has 0 saturated heterocycles. The number of nitrogens with zero attached hydrogens (tertiary/aromatic N) is 2. The molecule has 0 spiro atoms. The Morgan fingerprint density at radius 2 is 2.33 bits per heavy atom. The van der Waals surface area contributed by atoms with Crippen molar-refractivity contribution < 1.29 is 0 Å². The lowest BCUT2D eigenvalue weighted by atomic mass is 10.1. The molecule has 0 aliphatic carbocycles. The Bertz CT molecular complexity index is 473. The number of nitrogens with one attached hydrogen (secondary N) is 1. The van der Waals surface area contributed by atoms with Gasteiger partial charge in [0.25, 0.3) is 0 Å². The van der Waals surface area contributed by atoms with Gasteiger partial charge in [0, 0.05) is 17.5 Å². The van der Waals surface area contributed by atoms with Crippen molar-refractivity contribution >= 4 is 11.3 Å². The Balaban J connectivity index is 2.07. The molecule has 2 aromatic heterocycles. The van der Waals surface area contributed by atoms with Crippen LogP contribution in [0.2, 0.25) is 0 Å². The van der Waals surface area contributed by atoms with Crippen LogP contribution in [0.1, 0.15) is 35.7 Å². The summed E-state index contributed by atoms with van der Waals surface area (Å²) in [7, 11) is 2.03.